The van der Waals surface area contributed by atoms with Gasteiger partial charge in [-0.25, -0.2) is 4.79 Å². The number of rotatable bonds is 3. The Kier molecular flexibility index (Phi) is 2.06. The minimum Gasteiger partial charge on any atom is -0.477 e. The Morgan fingerprint density at radius 3 is 3.09 bits per heavy atom. The molecular weight excluding hydrogens is 144 g/mol. The van der Waals surface area contributed by atoms with E-state index in [9.17, 15) is 4.79 Å². The number of allylic oxidation sites excluding steroid dienone is 1. The molecule has 0 aliphatic rings. The van der Waals surface area contributed by atoms with Gasteiger partial charge in [-0.05, 0) is 6.07 Å². The van der Waals surface area contributed by atoms with Crippen LogP contribution in [0.25, 0.3) is 0 Å². The van der Waals surface area contributed by atoms with Crippen molar-refractivity contribution < 1.29 is 9.90 Å². The van der Waals surface area contributed by atoms with E-state index >= 15 is 0 Å². The lowest BCUT2D eigenvalue weighted by atomic mass is 10.3. The third-order valence-corrected chi connectivity index (χ3v) is 1.21. The number of nitrogens with zero attached hydrogens (tertiary/aromatic N) is 1. The molecule has 1 aromatic heterocycles. The lowest BCUT2D eigenvalue weighted by molar-refractivity contribution is 0.0690. The van der Waals surface area contributed by atoms with Crippen LogP contribution in [0.5, 0.6) is 0 Å². The van der Waals surface area contributed by atoms with Gasteiger partial charge in [0.25, 0.3) is 0 Å². The molecule has 4 nitrogen and oxygen atoms in total. The predicted molar refractivity (Wildman–Crippen MR) is 39.4 cm³/mol. The van der Waals surface area contributed by atoms with Crippen LogP contribution in [0.3, 0.4) is 0 Å². The number of carbonyl (C=O) groups is 1. The second-order valence-electron chi connectivity index (χ2n) is 2.07. The molecule has 0 radical (unpaired) electrons. The Hall–Kier alpha value is -1.58. The summed E-state index contributed by atoms with van der Waals surface area (Å²) in [6.07, 6.45) is 2.26. The van der Waals surface area contributed by atoms with Gasteiger partial charge in [0.1, 0.15) is 5.69 Å². The van der Waals surface area contributed by atoms with E-state index in [2.05, 4.69) is 16.8 Å². The van der Waals surface area contributed by atoms with Gasteiger partial charge in [0, 0.05) is 6.42 Å². The summed E-state index contributed by atoms with van der Waals surface area (Å²) in [5.41, 5.74) is 0.805. The van der Waals surface area contributed by atoms with Gasteiger partial charge in [0.2, 0.25) is 0 Å². The minimum atomic E-state index is -0.993. The van der Waals surface area contributed by atoms with Crippen LogP contribution in [0, 0.1) is 0 Å². The molecule has 0 atom stereocenters. The molecule has 2 N–H and O–H groups in total. The molecule has 58 valence electrons. The zero-order chi connectivity index (χ0) is 8.27. The standard InChI is InChI=1S/C7H8N2O2/c1-2-3-5-4-6(7(10)11)9-8-5/h2,4H,1,3H2,(H,8,9)(H,10,11). The number of hydrogen-bond acceptors (Lipinski definition) is 2. The first-order chi connectivity index (χ1) is 5.24. The first-order valence-electron chi connectivity index (χ1n) is 3.12. The zero-order valence-corrected chi connectivity index (χ0v) is 5.87. The first-order valence-corrected chi connectivity index (χ1v) is 3.12. The van der Waals surface area contributed by atoms with Crippen molar-refractivity contribution in [1.29, 1.82) is 0 Å². The van der Waals surface area contributed by atoms with Crippen molar-refractivity contribution in [3.63, 3.8) is 0 Å². The van der Waals surface area contributed by atoms with E-state index in [0.29, 0.717) is 12.1 Å². The summed E-state index contributed by atoms with van der Waals surface area (Å²) >= 11 is 0. The van der Waals surface area contributed by atoms with E-state index < -0.39 is 5.97 Å². The maximum atomic E-state index is 10.3. The molecular formula is C7H8N2O2. The van der Waals surface area contributed by atoms with Crippen LogP contribution in [0.15, 0.2) is 18.7 Å². The maximum absolute atomic E-state index is 10.3. The third kappa shape index (κ3) is 1.67. The van der Waals surface area contributed by atoms with Crippen LogP contribution in [0.4, 0.5) is 0 Å². The number of H-pyrrole nitrogens is 1. The van der Waals surface area contributed by atoms with Crippen LogP contribution in [-0.2, 0) is 6.42 Å². The van der Waals surface area contributed by atoms with Crippen molar-refractivity contribution in [2.24, 2.45) is 0 Å². The number of aromatic nitrogens is 2. The predicted octanol–water partition coefficient (Wildman–Crippen LogP) is 0.836. The van der Waals surface area contributed by atoms with Crippen LogP contribution in [0.1, 0.15) is 16.2 Å². The van der Waals surface area contributed by atoms with Crippen LogP contribution >= 0.6 is 0 Å². The average Bonchev–Trinajstić information content (AvgIpc) is 2.37. The Labute approximate surface area is 63.6 Å². The molecule has 1 aromatic rings. The first kappa shape index (κ1) is 7.53. The summed E-state index contributed by atoms with van der Waals surface area (Å²) in [5.74, 6) is -0.993. The SMILES string of the molecule is C=CCc1cc(C(=O)O)[nH]n1. The average molecular weight is 152 g/mol. The molecule has 0 aliphatic heterocycles. The molecule has 0 unspecified atom stereocenters. The number of carboxylic acid groups (broad SMARTS) is 1. The summed E-state index contributed by atoms with van der Waals surface area (Å²) in [7, 11) is 0. The Bertz CT molecular complexity index is 278. The van der Waals surface area contributed by atoms with Gasteiger partial charge in [-0.1, -0.05) is 6.08 Å². The summed E-state index contributed by atoms with van der Waals surface area (Å²) < 4.78 is 0. The molecule has 0 aromatic carbocycles. The van der Waals surface area contributed by atoms with Gasteiger partial charge in [-0.2, -0.15) is 5.10 Å². The fraction of sp³-hybridized carbons (Fsp3) is 0.143. The van der Waals surface area contributed by atoms with E-state index in [1.165, 1.54) is 6.07 Å². The van der Waals surface area contributed by atoms with Crippen molar-refractivity contribution in [1.82, 2.24) is 10.2 Å². The highest BCUT2D eigenvalue weighted by Gasteiger charge is 2.05. The zero-order valence-electron chi connectivity index (χ0n) is 5.87. The Morgan fingerprint density at radius 2 is 2.64 bits per heavy atom. The smallest absolute Gasteiger partial charge is 0.353 e. The van der Waals surface area contributed by atoms with Gasteiger partial charge < -0.3 is 5.11 Å². The summed E-state index contributed by atoms with van der Waals surface area (Å²) in [4.78, 5) is 10.3. The van der Waals surface area contributed by atoms with Crippen molar-refractivity contribution in [3.8, 4) is 0 Å². The van der Waals surface area contributed by atoms with E-state index in [1.807, 2.05) is 0 Å². The molecule has 1 rings (SSSR count). The number of hydrogen-bond donors (Lipinski definition) is 2. The van der Waals surface area contributed by atoms with Gasteiger partial charge in [0.05, 0.1) is 5.69 Å². The fourth-order valence-electron chi connectivity index (χ4n) is 0.725. The topological polar surface area (TPSA) is 66.0 Å². The van der Waals surface area contributed by atoms with Gasteiger partial charge >= 0.3 is 5.97 Å². The minimum absolute atomic E-state index is 0.113. The lowest BCUT2D eigenvalue weighted by Gasteiger charge is -1.81. The van der Waals surface area contributed by atoms with Crippen LogP contribution in [-0.4, -0.2) is 21.3 Å². The Morgan fingerprint density at radius 1 is 1.91 bits per heavy atom. The van der Waals surface area contributed by atoms with E-state index in [4.69, 9.17) is 5.11 Å². The molecule has 0 aliphatic carbocycles. The highest BCUT2D eigenvalue weighted by molar-refractivity contribution is 5.85. The summed E-state index contributed by atoms with van der Waals surface area (Å²) in [6, 6.07) is 1.49. The molecule has 0 amide bonds. The highest BCUT2D eigenvalue weighted by atomic mass is 16.4. The largest absolute Gasteiger partial charge is 0.477 e. The van der Waals surface area contributed by atoms with Crippen molar-refractivity contribution in [2.45, 2.75) is 6.42 Å². The summed E-state index contributed by atoms with van der Waals surface area (Å²) in [6.45, 7) is 3.51. The molecule has 0 spiro atoms. The quantitative estimate of drug-likeness (QED) is 0.630. The lowest BCUT2D eigenvalue weighted by Crippen LogP contribution is -1.95. The van der Waals surface area contributed by atoms with E-state index in [-0.39, 0.29) is 5.69 Å². The monoisotopic (exact) mass is 152 g/mol. The molecule has 0 bridgehead atoms. The van der Waals surface area contributed by atoms with Crippen LogP contribution in [0.2, 0.25) is 0 Å². The molecule has 1 heterocycles. The molecule has 4 heteroatoms. The number of carboxylic acids is 1. The maximum Gasteiger partial charge on any atom is 0.353 e. The van der Waals surface area contributed by atoms with Gasteiger partial charge in [-0.3, -0.25) is 5.10 Å². The number of nitrogens with one attached hydrogen (secondary N) is 1. The van der Waals surface area contributed by atoms with Gasteiger partial charge in [0.15, 0.2) is 0 Å². The van der Waals surface area contributed by atoms with Crippen LogP contribution < -0.4 is 0 Å². The second-order valence-corrected chi connectivity index (χ2v) is 2.07. The normalized spacial score (nSPS) is 9.45. The molecule has 0 saturated heterocycles. The molecule has 0 saturated carbocycles. The molecule has 0 fully saturated rings. The summed E-state index contributed by atoms with van der Waals surface area (Å²) in [5, 5.41) is 14.6. The fourth-order valence-corrected chi connectivity index (χ4v) is 0.725. The van der Waals surface area contributed by atoms with Crippen molar-refractivity contribution in [2.75, 3.05) is 0 Å². The number of aromatic amines is 1. The van der Waals surface area contributed by atoms with E-state index in [0.717, 1.165) is 0 Å². The van der Waals surface area contributed by atoms with Crippen molar-refractivity contribution >= 4 is 5.97 Å². The third-order valence-electron chi connectivity index (χ3n) is 1.21. The number of aromatic carboxylic acids is 1. The Balaban J connectivity index is 2.81. The second kappa shape index (κ2) is 3.01. The van der Waals surface area contributed by atoms with Gasteiger partial charge in [-0.15, -0.1) is 6.58 Å². The molecule has 11 heavy (non-hydrogen) atoms. The van der Waals surface area contributed by atoms with Crippen molar-refractivity contribution in [3.05, 3.63) is 30.1 Å². The van der Waals surface area contributed by atoms with E-state index in [1.54, 1.807) is 6.08 Å². The highest BCUT2D eigenvalue weighted by Crippen LogP contribution is 1.99.